The number of piperidine rings is 2. The van der Waals surface area contributed by atoms with E-state index in [2.05, 4.69) is 11.0 Å². The molecule has 0 radical (unpaired) electrons. The molecular formula is C27H33FN2O3. The summed E-state index contributed by atoms with van der Waals surface area (Å²) in [4.78, 5) is 17.9. The minimum absolute atomic E-state index is 0.0389. The standard InChI is InChI=1S/C27H33FN2O3/c28-22-8-10-23(11-9-22)33-24-18-27(32-20-24)12-16-30(17-13-27)26(31)25-7-3-2-6-21(25)19-29-14-4-1-5-15-29/h2-3,6-11,24H,1,4-5,12-20H2/t24-/m1/s1. The van der Waals surface area contributed by atoms with E-state index < -0.39 is 0 Å². The van der Waals surface area contributed by atoms with Gasteiger partial charge in [0.2, 0.25) is 0 Å². The summed E-state index contributed by atoms with van der Waals surface area (Å²) in [6.45, 7) is 5.01. The summed E-state index contributed by atoms with van der Waals surface area (Å²) >= 11 is 0. The monoisotopic (exact) mass is 452 g/mol. The van der Waals surface area contributed by atoms with E-state index in [1.807, 2.05) is 23.1 Å². The zero-order valence-electron chi connectivity index (χ0n) is 19.2. The van der Waals surface area contributed by atoms with Crippen LogP contribution in [0.15, 0.2) is 48.5 Å². The highest BCUT2D eigenvalue weighted by Crippen LogP contribution is 2.38. The minimum atomic E-state index is -0.268. The molecule has 3 aliphatic heterocycles. The topological polar surface area (TPSA) is 42.0 Å². The van der Waals surface area contributed by atoms with Gasteiger partial charge in [-0.25, -0.2) is 4.39 Å². The third-order valence-electron chi connectivity index (χ3n) is 7.34. The maximum Gasteiger partial charge on any atom is 0.254 e. The maximum absolute atomic E-state index is 13.4. The van der Waals surface area contributed by atoms with Crippen molar-refractivity contribution in [3.05, 3.63) is 65.5 Å². The molecule has 176 valence electrons. The Hall–Kier alpha value is -2.44. The largest absolute Gasteiger partial charge is 0.488 e. The predicted molar refractivity (Wildman–Crippen MR) is 125 cm³/mol. The van der Waals surface area contributed by atoms with Gasteiger partial charge in [0, 0.05) is 31.6 Å². The molecule has 0 N–H and O–H groups in total. The fraction of sp³-hybridized carbons (Fsp3) is 0.519. The number of likely N-dealkylation sites (tertiary alicyclic amines) is 2. The fourth-order valence-corrected chi connectivity index (χ4v) is 5.45. The molecule has 0 unspecified atom stereocenters. The van der Waals surface area contributed by atoms with Gasteiger partial charge in [-0.05, 0) is 74.7 Å². The molecule has 0 saturated carbocycles. The molecule has 2 aromatic rings. The number of ether oxygens (including phenoxy) is 2. The van der Waals surface area contributed by atoms with Crippen molar-refractivity contribution in [2.45, 2.75) is 56.8 Å². The summed E-state index contributed by atoms with van der Waals surface area (Å²) in [5.74, 6) is 0.533. The molecule has 2 aromatic carbocycles. The first-order chi connectivity index (χ1) is 16.1. The molecule has 33 heavy (non-hydrogen) atoms. The number of hydrogen-bond acceptors (Lipinski definition) is 4. The molecule has 5 rings (SSSR count). The number of hydrogen-bond donors (Lipinski definition) is 0. The van der Waals surface area contributed by atoms with Crippen molar-refractivity contribution in [3.8, 4) is 5.75 Å². The lowest BCUT2D eigenvalue weighted by molar-refractivity contribution is -0.0396. The molecular weight excluding hydrogens is 419 g/mol. The van der Waals surface area contributed by atoms with E-state index in [4.69, 9.17) is 9.47 Å². The predicted octanol–water partition coefficient (Wildman–Crippen LogP) is 4.65. The van der Waals surface area contributed by atoms with Crippen molar-refractivity contribution < 1.29 is 18.7 Å². The van der Waals surface area contributed by atoms with Gasteiger partial charge in [-0.1, -0.05) is 24.6 Å². The highest BCUT2D eigenvalue weighted by Gasteiger charge is 2.44. The third kappa shape index (κ3) is 5.22. The van der Waals surface area contributed by atoms with E-state index >= 15 is 0 Å². The van der Waals surface area contributed by atoms with Gasteiger partial charge in [0.15, 0.2) is 0 Å². The van der Waals surface area contributed by atoms with Gasteiger partial charge in [-0.15, -0.1) is 0 Å². The van der Waals surface area contributed by atoms with Gasteiger partial charge >= 0.3 is 0 Å². The lowest BCUT2D eigenvalue weighted by atomic mass is 9.87. The summed E-state index contributed by atoms with van der Waals surface area (Å²) in [7, 11) is 0. The number of carbonyl (C=O) groups excluding carboxylic acids is 1. The van der Waals surface area contributed by atoms with Crippen molar-refractivity contribution in [1.82, 2.24) is 9.80 Å². The second-order valence-electron chi connectivity index (χ2n) is 9.68. The number of carbonyl (C=O) groups is 1. The SMILES string of the molecule is O=C(c1ccccc1CN1CCCCC1)N1CCC2(CC1)C[C@@H](Oc1ccc(F)cc1)CO2. The molecule has 0 aliphatic carbocycles. The Bertz CT molecular complexity index is 950. The average molecular weight is 453 g/mol. The van der Waals surface area contributed by atoms with E-state index in [9.17, 15) is 9.18 Å². The molecule has 0 bridgehead atoms. The Balaban J connectivity index is 1.17. The molecule has 0 aromatic heterocycles. The van der Waals surface area contributed by atoms with E-state index in [-0.39, 0.29) is 23.4 Å². The van der Waals surface area contributed by atoms with Gasteiger partial charge in [0.05, 0.1) is 12.2 Å². The first kappa shape index (κ1) is 22.4. The summed E-state index contributed by atoms with van der Waals surface area (Å²) in [5.41, 5.74) is 1.74. The average Bonchev–Trinajstić information content (AvgIpc) is 3.23. The van der Waals surface area contributed by atoms with Crippen LogP contribution in [0.1, 0.15) is 54.4 Å². The molecule has 3 fully saturated rings. The van der Waals surface area contributed by atoms with Gasteiger partial charge in [0.1, 0.15) is 17.7 Å². The lowest BCUT2D eigenvalue weighted by Crippen LogP contribution is -2.47. The van der Waals surface area contributed by atoms with Crippen LogP contribution in [0.2, 0.25) is 0 Å². The van der Waals surface area contributed by atoms with Crippen LogP contribution in [-0.4, -0.2) is 60.2 Å². The summed E-state index contributed by atoms with van der Waals surface area (Å²) in [6, 6.07) is 14.2. The van der Waals surface area contributed by atoms with Crippen molar-refractivity contribution in [2.24, 2.45) is 0 Å². The summed E-state index contributed by atoms with van der Waals surface area (Å²) in [5, 5.41) is 0. The highest BCUT2D eigenvalue weighted by molar-refractivity contribution is 5.95. The van der Waals surface area contributed by atoms with E-state index in [0.29, 0.717) is 25.4 Å². The van der Waals surface area contributed by atoms with E-state index in [1.165, 1.54) is 31.4 Å². The highest BCUT2D eigenvalue weighted by atomic mass is 19.1. The van der Waals surface area contributed by atoms with Crippen LogP contribution in [0.4, 0.5) is 4.39 Å². The molecule has 5 nitrogen and oxygen atoms in total. The number of benzene rings is 2. The lowest BCUT2D eigenvalue weighted by Gasteiger charge is -2.39. The summed E-state index contributed by atoms with van der Waals surface area (Å²) in [6.07, 6.45) is 6.20. The normalized spacial score (nSPS) is 23.1. The van der Waals surface area contributed by atoms with E-state index in [0.717, 1.165) is 50.0 Å². The molecule has 3 heterocycles. The first-order valence-corrected chi connectivity index (χ1v) is 12.3. The molecule has 1 spiro atoms. The van der Waals surface area contributed by atoms with Gasteiger partial charge < -0.3 is 14.4 Å². The fourth-order valence-electron chi connectivity index (χ4n) is 5.45. The van der Waals surface area contributed by atoms with Crippen LogP contribution in [0.3, 0.4) is 0 Å². The van der Waals surface area contributed by atoms with Crippen molar-refractivity contribution in [1.29, 1.82) is 0 Å². The van der Waals surface area contributed by atoms with Crippen LogP contribution in [0.25, 0.3) is 0 Å². The van der Waals surface area contributed by atoms with Crippen LogP contribution in [-0.2, 0) is 11.3 Å². The van der Waals surface area contributed by atoms with Crippen LogP contribution in [0, 0.1) is 5.82 Å². The molecule has 1 atom stereocenters. The Morgan fingerprint density at radius 2 is 1.73 bits per heavy atom. The van der Waals surface area contributed by atoms with Crippen LogP contribution >= 0.6 is 0 Å². The second-order valence-corrected chi connectivity index (χ2v) is 9.68. The zero-order valence-corrected chi connectivity index (χ0v) is 19.2. The molecule has 1 amide bonds. The number of amides is 1. The second kappa shape index (κ2) is 9.82. The van der Waals surface area contributed by atoms with Crippen molar-refractivity contribution in [2.75, 3.05) is 32.8 Å². The van der Waals surface area contributed by atoms with Crippen LogP contribution in [0.5, 0.6) is 5.75 Å². The smallest absolute Gasteiger partial charge is 0.254 e. The van der Waals surface area contributed by atoms with Gasteiger partial charge in [-0.2, -0.15) is 0 Å². The van der Waals surface area contributed by atoms with Gasteiger partial charge in [-0.3, -0.25) is 9.69 Å². The van der Waals surface area contributed by atoms with Gasteiger partial charge in [0.25, 0.3) is 5.91 Å². The first-order valence-electron chi connectivity index (χ1n) is 12.3. The minimum Gasteiger partial charge on any atom is -0.488 e. The Morgan fingerprint density at radius 3 is 2.48 bits per heavy atom. The molecule has 3 aliphatic rings. The zero-order chi connectivity index (χ0) is 22.7. The molecule has 6 heteroatoms. The summed E-state index contributed by atoms with van der Waals surface area (Å²) < 4.78 is 25.4. The van der Waals surface area contributed by atoms with Crippen molar-refractivity contribution >= 4 is 5.91 Å². The van der Waals surface area contributed by atoms with E-state index in [1.54, 1.807) is 12.1 Å². The maximum atomic E-state index is 13.4. The Labute approximate surface area is 195 Å². The molecule has 3 saturated heterocycles. The van der Waals surface area contributed by atoms with Crippen LogP contribution < -0.4 is 4.74 Å². The Kier molecular flexibility index (Phi) is 6.65. The number of rotatable bonds is 5. The number of halogens is 1. The Morgan fingerprint density at radius 1 is 1.00 bits per heavy atom. The third-order valence-corrected chi connectivity index (χ3v) is 7.34. The number of nitrogens with zero attached hydrogens (tertiary/aromatic N) is 2. The quantitative estimate of drug-likeness (QED) is 0.662. The van der Waals surface area contributed by atoms with Crippen molar-refractivity contribution in [3.63, 3.8) is 0 Å².